The zero-order chi connectivity index (χ0) is 22.1. The van der Waals surface area contributed by atoms with Crippen molar-refractivity contribution < 1.29 is 4.79 Å². The van der Waals surface area contributed by atoms with E-state index in [1.807, 2.05) is 41.7 Å². The molecule has 7 nitrogen and oxygen atoms in total. The molecule has 2 fully saturated rings. The number of rotatable bonds is 7. The van der Waals surface area contributed by atoms with Crippen molar-refractivity contribution in [1.29, 1.82) is 0 Å². The molecule has 0 spiro atoms. The van der Waals surface area contributed by atoms with Crippen molar-refractivity contribution in [3.63, 3.8) is 0 Å². The summed E-state index contributed by atoms with van der Waals surface area (Å²) in [6.45, 7) is 3.95. The monoisotopic (exact) mass is 468 g/mol. The number of fused-ring (bicyclic) bond motifs is 1. The van der Waals surface area contributed by atoms with Crippen LogP contribution in [0.2, 0.25) is 0 Å². The zero-order valence-electron chi connectivity index (χ0n) is 18.4. The highest BCUT2D eigenvalue weighted by molar-refractivity contribution is 7.98. The maximum atomic E-state index is 12.7. The highest BCUT2D eigenvalue weighted by atomic mass is 32.2. The molecule has 1 amide bonds. The molecule has 1 saturated carbocycles. The summed E-state index contributed by atoms with van der Waals surface area (Å²) in [6.07, 6.45) is 10.0. The lowest BCUT2D eigenvalue weighted by Gasteiger charge is -2.38. The molecule has 2 aromatic heterocycles. The molecule has 0 radical (unpaired) electrons. The first-order chi connectivity index (χ1) is 15.6. The zero-order valence-corrected chi connectivity index (χ0v) is 20.0. The van der Waals surface area contributed by atoms with E-state index in [0.29, 0.717) is 23.9 Å². The molecule has 0 bridgehead atoms. The van der Waals surface area contributed by atoms with Crippen molar-refractivity contribution in [3.05, 3.63) is 36.2 Å². The summed E-state index contributed by atoms with van der Waals surface area (Å²) in [5.74, 6) is 1.49. The van der Waals surface area contributed by atoms with Gasteiger partial charge < -0.3 is 15.5 Å². The minimum Gasteiger partial charge on any atom is -0.359 e. The molecule has 1 aromatic carbocycles. The van der Waals surface area contributed by atoms with Crippen LogP contribution in [-0.4, -0.2) is 57.2 Å². The number of amides is 1. The van der Waals surface area contributed by atoms with Gasteiger partial charge in [0.25, 0.3) is 5.91 Å². The van der Waals surface area contributed by atoms with Crippen molar-refractivity contribution in [1.82, 2.24) is 19.9 Å². The number of aromatic nitrogens is 3. The van der Waals surface area contributed by atoms with Crippen LogP contribution in [0.1, 0.15) is 43.0 Å². The number of nitrogens with one attached hydrogen (secondary N) is 2. The Bertz CT molecular complexity index is 1100. The Kier molecular flexibility index (Phi) is 6.19. The first kappa shape index (κ1) is 21.5. The van der Waals surface area contributed by atoms with Crippen LogP contribution in [0.25, 0.3) is 10.2 Å². The second kappa shape index (κ2) is 9.23. The fourth-order valence-corrected chi connectivity index (χ4v) is 5.69. The normalized spacial score (nSPS) is 21.0. The Morgan fingerprint density at radius 1 is 1.19 bits per heavy atom. The number of likely N-dealkylation sites (tertiary alicyclic amines) is 1. The van der Waals surface area contributed by atoms with Crippen LogP contribution in [0.15, 0.2) is 35.5 Å². The highest BCUT2D eigenvalue weighted by Gasteiger charge is 2.30. The van der Waals surface area contributed by atoms with E-state index in [0.717, 1.165) is 64.6 Å². The van der Waals surface area contributed by atoms with Gasteiger partial charge in [0.1, 0.15) is 0 Å². The highest BCUT2D eigenvalue weighted by Crippen LogP contribution is 2.31. The molecule has 3 aromatic rings. The second-order valence-corrected chi connectivity index (χ2v) is 10.5. The Labute approximate surface area is 196 Å². The topological polar surface area (TPSA) is 83.0 Å². The molecule has 9 heteroatoms. The van der Waals surface area contributed by atoms with Crippen LogP contribution in [0.3, 0.4) is 0 Å². The summed E-state index contributed by atoms with van der Waals surface area (Å²) < 4.78 is 1.06. The predicted octanol–water partition coefficient (Wildman–Crippen LogP) is 4.74. The van der Waals surface area contributed by atoms with Crippen LogP contribution < -0.4 is 10.6 Å². The van der Waals surface area contributed by atoms with E-state index in [4.69, 9.17) is 4.98 Å². The minimum atomic E-state index is 0.136. The maximum absolute atomic E-state index is 12.7. The number of hydrogen-bond donors (Lipinski definition) is 2. The molecule has 1 aliphatic heterocycles. The van der Waals surface area contributed by atoms with E-state index < -0.39 is 0 Å². The summed E-state index contributed by atoms with van der Waals surface area (Å²) in [6, 6.07) is 6.59. The molecule has 0 unspecified atom stereocenters. The largest absolute Gasteiger partial charge is 0.359 e. The fraction of sp³-hybridized carbons (Fsp3) is 0.478. The average molecular weight is 469 g/mol. The van der Waals surface area contributed by atoms with Gasteiger partial charge in [0.05, 0.1) is 10.2 Å². The molecule has 168 valence electrons. The van der Waals surface area contributed by atoms with Gasteiger partial charge in [-0.05, 0) is 56.1 Å². The van der Waals surface area contributed by atoms with Gasteiger partial charge in [-0.15, -0.1) is 11.8 Å². The van der Waals surface area contributed by atoms with Gasteiger partial charge in [-0.3, -0.25) is 4.79 Å². The quantitative estimate of drug-likeness (QED) is 0.485. The number of nitrogens with zero attached hydrogens (tertiary/aromatic N) is 4. The summed E-state index contributed by atoms with van der Waals surface area (Å²) in [4.78, 5) is 29.3. The third-order valence-electron chi connectivity index (χ3n) is 6.41. The molecule has 1 aliphatic carbocycles. The molecule has 1 saturated heterocycles. The third-order valence-corrected chi connectivity index (χ3v) is 8.05. The summed E-state index contributed by atoms with van der Waals surface area (Å²) >= 11 is 3.27. The van der Waals surface area contributed by atoms with E-state index in [-0.39, 0.29) is 5.91 Å². The summed E-state index contributed by atoms with van der Waals surface area (Å²) in [5.41, 5.74) is 1.71. The second-order valence-electron chi connectivity index (χ2n) is 8.63. The third kappa shape index (κ3) is 4.54. The summed E-state index contributed by atoms with van der Waals surface area (Å²) in [7, 11) is 0. The van der Waals surface area contributed by atoms with Crippen LogP contribution in [-0.2, 0) is 0 Å². The van der Waals surface area contributed by atoms with Crippen LogP contribution in [0, 0.1) is 5.92 Å². The van der Waals surface area contributed by atoms with Crippen molar-refractivity contribution in [2.75, 3.05) is 30.0 Å². The SMILES string of the molecule is CCC1CN(C(=O)c2ccc3nc(N[C@H]4CC[C@H](Nc5ncc(SC)cn5)C4)sc3c2)C1. The van der Waals surface area contributed by atoms with E-state index in [1.54, 1.807) is 23.1 Å². The van der Waals surface area contributed by atoms with Gasteiger partial charge in [0.2, 0.25) is 5.95 Å². The van der Waals surface area contributed by atoms with Gasteiger partial charge in [0, 0.05) is 48.0 Å². The number of carbonyl (C=O) groups is 1. The standard InChI is InChI=1S/C23H28N6OS2/c1-3-14-12-29(13-14)21(30)15-4-7-19-20(8-15)32-23(28-19)27-17-6-5-16(9-17)26-22-24-10-18(31-2)11-25-22/h4,7-8,10-11,14,16-17H,3,5-6,9,12-13H2,1-2H3,(H,27,28)(H,24,25,26)/t16-,17-/m0/s1. The first-order valence-corrected chi connectivity index (χ1v) is 13.2. The fourth-order valence-electron chi connectivity index (χ4n) is 4.39. The van der Waals surface area contributed by atoms with Crippen molar-refractivity contribution in [3.8, 4) is 0 Å². The van der Waals surface area contributed by atoms with Crippen LogP contribution in [0.4, 0.5) is 11.1 Å². The van der Waals surface area contributed by atoms with Gasteiger partial charge in [0.15, 0.2) is 5.13 Å². The number of thioether (sulfide) groups is 1. The number of benzene rings is 1. The van der Waals surface area contributed by atoms with Crippen LogP contribution in [0.5, 0.6) is 0 Å². The molecule has 2 atom stereocenters. The number of carbonyl (C=O) groups excluding carboxylic acids is 1. The number of hydrogen-bond acceptors (Lipinski definition) is 8. The average Bonchev–Trinajstić information content (AvgIpc) is 3.39. The van der Waals surface area contributed by atoms with Gasteiger partial charge in [-0.1, -0.05) is 18.3 Å². The van der Waals surface area contributed by atoms with Gasteiger partial charge in [-0.25, -0.2) is 15.0 Å². The van der Waals surface area contributed by atoms with Crippen molar-refractivity contribution in [2.24, 2.45) is 5.92 Å². The maximum Gasteiger partial charge on any atom is 0.253 e. The molecular weight excluding hydrogens is 440 g/mol. The Balaban J connectivity index is 1.18. The number of thiazole rings is 1. The molecule has 2 N–H and O–H groups in total. The molecule has 3 heterocycles. The van der Waals surface area contributed by atoms with Crippen LogP contribution >= 0.6 is 23.1 Å². The van der Waals surface area contributed by atoms with E-state index in [1.165, 1.54) is 0 Å². The smallest absolute Gasteiger partial charge is 0.253 e. The molecule has 2 aliphatic rings. The molecule has 32 heavy (non-hydrogen) atoms. The minimum absolute atomic E-state index is 0.136. The first-order valence-electron chi connectivity index (χ1n) is 11.2. The Hall–Kier alpha value is -2.39. The van der Waals surface area contributed by atoms with E-state index >= 15 is 0 Å². The Morgan fingerprint density at radius 3 is 2.66 bits per heavy atom. The van der Waals surface area contributed by atoms with Gasteiger partial charge >= 0.3 is 0 Å². The molecule has 5 rings (SSSR count). The van der Waals surface area contributed by atoms with Crippen molar-refractivity contribution >= 4 is 50.3 Å². The van der Waals surface area contributed by atoms with Crippen molar-refractivity contribution in [2.45, 2.75) is 49.6 Å². The number of anilines is 2. The molecular formula is C23H28N6OS2. The summed E-state index contributed by atoms with van der Waals surface area (Å²) in [5, 5.41) is 7.97. The Morgan fingerprint density at radius 2 is 1.94 bits per heavy atom. The lowest BCUT2D eigenvalue weighted by molar-refractivity contribution is 0.0494. The lowest BCUT2D eigenvalue weighted by Crippen LogP contribution is -2.49. The van der Waals surface area contributed by atoms with E-state index in [2.05, 4.69) is 27.5 Å². The van der Waals surface area contributed by atoms with E-state index in [9.17, 15) is 4.79 Å². The van der Waals surface area contributed by atoms with Gasteiger partial charge in [-0.2, -0.15) is 0 Å². The lowest BCUT2D eigenvalue weighted by atomic mass is 9.96. The predicted molar refractivity (Wildman–Crippen MR) is 132 cm³/mol.